The van der Waals surface area contributed by atoms with Crippen LogP contribution in [-0.2, 0) is 6.42 Å². The van der Waals surface area contributed by atoms with Crippen LogP contribution in [-0.4, -0.2) is 21.5 Å². The Hall–Kier alpha value is -1.81. The monoisotopic (exact) mass is 270 g/mol. The molecule has 0 bridgehead atoms. The molecule has 2 aromatic heterocycles. The highest BCUT2D eigenvalue weighted by atomic mass is 14.9. The number of nitrogens with one attached hydrogen (secondary N) is 1. The lowest BCUT2D eigenvalue weighted by Gasteiger charge is -2.15. The van der Waals surface area contributed by atoms with Crippen molar-refractivity contribution in [3.05, 3.63) is 41.3 Å². The van der Waals surface area contributed by atoms with E-state index in [0.717, 1.165) is 29.9 Å². The highest BCUT2D eigenvalue weighted by Gasteiger charge is 2.13. The number of aromatic nitrogens is 3. The maximum Gasteiger partial charge on any atom is 0.178 e. The van der Waals surface area contributed by atoms with E-state index >= 15 is 0 Å². The lowest BCUT2D eigenvalue weighted by Crippen LogP contribution is -2.19. The van der Waals surface area contributed by atoms with Crippen LogP contribution in [0, 0.1) is 6.92 Å². The molecule has 1 atom stereocenters. The van der Waals surface area contributed by atoms with Crippen LogP contribution >= 0.6 is 0 Å². The quantitative estimate of drug-likeness (QED) is 0.907. The van der Waals surface area contributed by atoms with E-state index < -0.39 is 0 Å². The summed E-state index contributed by atoms with van der Waals surface area (Å²) in [7, 11) is 0. The minimum absolute atomic E-state index is 0.267. The number of rotatable bonds is 5. The van der Waals surface area contributed by atoms with Crippen molar-refractivity contribution in [2.45, 2.75) is 40.2 Å². The minimum atomic E-state index is 0.267. The Morgan fingerprint density at radius 1 is 1.25 bits per heavy atom. The van der Waals surface area contributed by atoms with Gasteiger partial charge in [0.1, 0.15) is 5.69 Å². The average molecular weight is 270 g/mol. The van der Waals surface area contributed by atoms with Crippen LogP contribution < -0.4 is 5.32 Å². The third-order valence-corrected chi connectivity index (χ3v) is 3.48. The van der Waals surface area contributed by atoms with Gasteiger partial charge in [-0.3, -0.25) is 4.98 Å². The Morgan fingerprint density at radius 2 is 2.05 bits per heavy atom. The molecular formula is C16H22N4. The SMILES string of the molecule is CCNC(C)c1cnc(-c2ncccc2CC)nc1C. The van der Waals surface area contributed by atoms with E-state index in [0.29, 0.717) is 5.82 Å². The molecule has 0 saturated heterocycles. The first-order valence-corrected chi connectivity index (χ1v) is 7.18. The standard InChI is InChI=1S/C16H22N4/c1-5-13-8-7-9-18-15(13)16-19-10-14(12(4)20-16)11(3)17-6-2/h7-11,17H,5-6H2,1-4H3. The summed E-state index contributed by atoms with van der Waals surface area (Å²) in [6, 6.07) is 4.30. The van der Waals surface area contributed by atoms with Gasteiger partial charge >= 0.3 is 0 Å². The van der Waals surface area contributed by atoms with E-state index in [9.17, 15) is 0 Å². The normalized spacial score (nSPS) is 12.4. The van der Waals surface area contributed by atoms with Crippen molar-refractivity contribution in [2.24, 2.45) is 0 Å². The molecule has 0 radical (unpaired) electrons. The summed E-state index contributed by atoms with van der Waals surface area (Å²) >= 11 is 0. The van der Waals surface area contributed by atoms with Gasteiger partial charge in [0.25, 0.3) is 0 Å². The van der Waals surface area contributed by atoms with Crippen molar-refractivity contribution in [2.75, 3.05) is 6.54 Å². The summed E-state index contributed by atoms with van der Waals surface area (Å²) in [4.78, 5) is 13.6. The first-order chi connectivity index (χ1) is 9.67. The molecule has 0 aliphatic heterocycles. The van der Waals surface area contributed by atoms with Crippen LogP contribution in [0.5, 0.6) is 0 Å². The molecule has 0 aliphatic rings. The molecule has 0 saturated carbocycles. The zero-order valence-corrected chi connectivity index (χ0v) is 12.6. The van der Waals surface area contributed by atoms with E-state index in [1.807, 2.05) is 19.2 Å². The van der Waals surface area contributed by atoms with Gasteiger partial charge in [-0.15, -0.1) is 0 Å². The molecule has 0 aliphatic carbocycles. The average Bonchev–Trinajstić information content (AvgIpc) is 2.47. The molecule has 4 nitrogen and oxygen atoms in total. The zero-order chi connectivity index (χ0) is 14.5. The van der Waals surface area contributed by atoms with Gasteiger partial charge in [-0.1, -0.05) is 19.9 Å². The van der Waals surface area contributed by atoms with Crippen molar-refractivity contribution in [3.8, 4) is 11.5 Å². The van der Waals surface area contributed by atoms with Gasteiger partial charge in [0.15, 0.2) is 5.82 Å². The number of hydrogen-bond acceptors (Lipinski definition) is 4. The Balaban J connectivity index is 2.38. The fraction of sp³-hybridized carbons (Fsp3) is 0.438. The highest BCUT2D eigenvalue weighted by Crippen LogP contribution is 2.21. The van der Waals surface area contributed by atoms with Gasteiger partial charge in [0, 0.05) is 29.7 Å². The molecule has 1 unspecified atom stereocenters. The second-order valence-corrected chi connectivity index (χ2v) is 4.88. The molecule has 20 heavy (non-hydrogen) atoms. The molecule has 2 heterocycles. The van der Waals surface area contributed by atoms with Gasteiger partial charge < -0.3 is 5.32 Å². The lowest BCUT2D eigenvalue weighted by molar-refractivity contribution is 0.590. The smallest absolute Gasteiger partial charge is 0.178 e. The first kappa shape index (κ1) is 14.6. The number of nitrogens with zero attached hydrogens (tertiary/aromatic N) is 3. The van der Waals surface area contributed by atoms with Gasteiger partial charge in [-0.2, -0.15) is 0 Å². The molecular weight excluding hydrogens is 248 g/mol. The largest absolute Gasteiger partial charge is 0.310 e. The van der Waals surface area contributed by atoms with Crippen molar-refractivity contribution in [1.29, 1.82) is 0 Å². The van der Waals surface area contributed by atoms with Gasteiger partial charge in [-0.05, 0) is 38.4 Å². The maximum absolute atomic E-state index is 4.64. The lowest BCUT2D eigenvalue weighted by atomic mass is 10.1. The summed E-state index contributed by atoms with van der Waals surface area (Å²) < 4.78 is 0. The molecule has 106 valence electrons. The fourth-order valence-electron chi connectivity index (χ4n) is 2.36. The van der Waals surface area contributed by atoms with Crippen LogP contribution in [0.2, 0.25) is 0 Å². The summed E-state index contributed by atoms with van der Waals surface area (Å²) in [6.07, 6.45) is 4.64. The zero-order valence-electron chi connectivity index (χ0n) is 12.6. The van der Waals surface area contributed by atoms with E-state index in [1.165, 1.54) is 5.56 Å². The van der Waals surface area contributed by atoms with Gasteiger partial charge in [-0.25, -0.2) is 9.97 Å². The second kappa shape index (κ2) is 6.57. The molecule has 4 heteroatoms. The van der Waals surface area contributed by atoms with Crippen molar-refractivity contribution in [3.63, 3.8) is 0 Å². The molecule has 1 N–H and O–H groups in total. The summed E-state index contributed by atoms with van der Waals surface area (Å²) in [5, 5.41) is 3.39. The highest BCUT2D eigenvalue weighted by molar-refractivity contribution is 5.54. The van der Waals surface area contributed by atoms with Crippen molar-refractivity contribution in [1.82, 2.24) is 20.3 Å². The van der Waals surface area contributed by atoms with Gasteiger partial charge in [0.05, 0.1) is 0 Å². The summed E-state index contributed by atoms with van der Waals surface area (Å²) in [5.74, 6) is 0.715. The van der Waals surface area contributed by atoms with Crippen LogP contribution in [0.3, 0.4) is 0 Å². The first-order valence-electron chi connectivity index (χ1n) is 7.18. The van der Waals surface area contributed by atoms with E-state index in [1.54, 1.807) is 6.20 Å². The Morgan fingerprint density at radius 3 is 2.70 bits per heavy atom. The Labute approximate surface area is 120 Å². The van der Waals surface area contributed by atoms with Gasteiger partial charge in [0.2, 0.25) is 0 Å². The van der Waals surface area contributed by atoms with Crippen molar-refractivity contribution >= 4 is 0 Å². The molecule has 0 amide bonds. The predicted molar refractivity (Wildman–Crippen MR) is 81.5 cm³/mol. The molecule has 0 fully saturated rings. The minimum Gasteiger partial charge on any atom is -0.310 e. The number of aryl methyl sites for hydroxylation is 2. The number of pyridine rings is 1. The van der Waals surface area contributed by atoms with Crippen LogP contribution in [0.1, 0.15) is 43.6 Å². The van der Waals surface area contributed by atoms with Crippen molar-refractivity contribution < 1.29 is 0 Å². The fourth-order valence-corrected chi connectivity index (χ4v) is 2.36. The van der Waals surface area contributed by atoms with Crippen LogP contribution in [0.25, 0.3) is 11.5 Å². The Kier molecular flexibility index (Phi) is 4.79. The molecule has 0 aromatic carbocycles. The maximum atomic E-state index is 4.64. The van der Waals surface area contributed by atoms with Crippen LogP contribution in [0.15, 0.2) is 24.5 Å². The molecule has 2 rings (SSSR count). The topological polar surface area (TPSA) is 50.7 Å². The summed E-state index contributed by atoms with van der Waals surface area (Å²) in [6.45, 7) is 9.32. The third-order valence-electron chi connectivity index (χ3n) is 3.48. The third kappa shape index (κ3) is 3.02. The van der Waals surface area contributed by atoms with E-state index in [2.05, 4.69) is 47.1 Å². The molecule has 0 spiro atoms. The van der Waals surface area contributed by atoms with E-state index in [4.69, 9.17) is 0 Å². The summed E-state index contributed by atoms with van der Waals surface area (Å²) in [5.41, 5.74) is 4.22. The number of hydrogen-bond donors (Lipinski definition) is 1. The predicted octanol–water partition coefficient (Wildman–Crippen LogP) is 3.08. The Bertz CT molecular complexity index is 580. The second-order valence-electron chi connectivity index (χ2n) is 4.88. The van der Waals surface area contributed by atoms with E-state index in [-0.39, 0.29) is 6.04 Å². The molecule has 2 aromatic rings. The van der Waals surface area contributed by atoms with Crippen LogP contribution in [0.4, 0.5) is 0 Å².